The first kappa shape index (κ1) is 19.4. The summed E-state index contributed by atoms with van der Waals surface area (Å²) in [5, 5.41) is 11.2. The van der Waals surface area contributed by atoms with Crippen LogP contribution in [0.25, 0.3) is 0 Å². The zero-order valence-electron chi connectivity index (χ0n) is 13.9. The van der Waals surface area contributed by atoms with E-state index in [2.05, 4.69) is 4.98 Å². The van der Waals surface area contributed by atoms with Gasteiger partial charge in [0.2, 0.25) is 0 Å². The van der Waals surface area contributed by atoms with Crippen molar-refractivity contribution in [1.82, 2.24) is 4.98 Å². The van der Waals surface area contributed by atoms with Gasteiger partial charge < -0.3 is 4.74 Å². The van der Waals surface area contributed by atoms with Crippen LogP contribution in [0.3, 0.4) is 0 Å². The van der Waals surface area contributed by atoms with Crippen molar-refractivity contribution in [1.29, 1.82) is 5.26 Å². The van der Waals surface area contributed by atoms with Gasteiger partial charge in [-0.25, -0.2) is 9.37 Å². The average Bonchev–Trinajstić information content (AvgIpc) is 3.05. The summed E-state index contributed by atoms with van der Waals surface area (Å²) in [6.07, 6.45) is -0.330. The second-order valence-electron chi connectivity index (χ2n) is 5.45. The molecule has 0 aliphatic rings. The van der Waals surface area contributed by atoms with E-state index in [4.69, 9.17) is 10.00 Å². The van der Waals surface area contributed by atoms with Crippen LogP contribution in [-0.4, -0.2) is 29.1 Å². The maximum absolute atomic E-state index is 12.8. The molecule has 0 radical (unpaired) electrons. The van der Waals surface area contributed by atoms with Crippen molar-refractivity contribution >= 4 is 28.9 Å². The molecule has 6 nitrogen and oxygen atoms in total. The Morgan fingerprint density at radius 1 is 1.27 bits per heavy atom. The van der Waals surface area contributed by atoms with E-state index in [0.717, 1.165) is 12.1 Å². The molecule has 1 heterocycles. The number of rotatable bonds is 8. The van der Waals surface area contributed by atoms with Crippen LogP contribution in [0, 0.1) is 24.1 Å². The third-order valence-electron chi connectivity index (χ3n) is 3.43. The summed E-state index contributed by atoms with van der Waals surface area (Å²) >= 11 is 1.19. The highest BCUT2D eigenvalue weighted by atomic mass is 32.1. The Bertz CT molecular complexity index is 855. The minimum absolute atomic E-state index is 0.119. The largest absolute Gasteiger partial charge is 0.458 e. The molecule has 0 bridgehead atoms. The molecule has 0 unspecified atom stereocenters. The van der Waals surface area contributed by atoms with Gasteiger partial charge in [-0.1, -0.05) is 0 Å². The Morgan fingerprint density at radius 2 is 1.96 bits per heavy atom. The van der Waals surface area contributed by atoms with Gasteiger partial charge in [0.1, 0.15) is 10.8 Å². The van der Waals surface area contributed by atoms with Gasteiger partial charge in [0, 0.05) is 23.1 Å². The van der Waals surface area contributed by atoms with Gasteiger partial charge in [-0.05, 0) is 31.2 Å². The average molecular weight is 374 g/mol. The van der Waals surface area contributed by atoms with Gasteiger partial charge in [0.05, 0.1) is 12.5 Å². The maximum Gasteiger partial charge on any atom is 0.306 e. The Hall–Kier alpha value is -2.92. The molecule has 8 heteroatoms. The van der Waals surface area contributed by atoms with E-state index in [9.17, 15) is 18.8 Å². The zero-order valence-corrected chi connectivity index (χ0v) is 14.7. The SMILES string of the molecule is Cc1csc([C@H](C#N)C(=O)COC(=O)CCC(=O)c2ccc(F)cc2)n1. The van der Waals surface area contributed by atoms with Crippen molar-refractivity contribution in [3.63, 3.8) is 0 Å². The Kier molecular flexibility index (Phi) is 6.69. The summed E-state index contributed by atoms with van der Waals surface area (Å²) in [5.41, 5.74) is 0.994. The molecule has 1 aromatic carbocycles. The Balaban J connectivity index is 1.80. The summed E-state index contributed by atoms with van der Waals surface area (Å²) < 4.78 is 17.7. The van der Waals surface area contributed by atoms with Gasteiger partial charge in [0.15, 0.2) is 24.1 Å². The first-order valence-corrected chi connectivity index (χ1v) is 8.57. The number of carbonyl (C=O) groups excluding carboxylic acids is 3. The molecule has 0 aliphatic carbocycles. The minimum Gasteiger partial charge on any atom is -0.458 e. The van der Waals surface area contributed by atoms with Crippen LogP contribution in [0.15, 0.2) is 29.6 Å². The molecular formula is C18H15FN2O4S. The molecule has 0 fully saturated rings. The number of carbonyl (C=O) groups is 3. The molecule has 1 aromatic heterocycles. The number of esters is 1. The number of aryl methyl sites for hydroxylation is 1. The molecular weight excluding hydrogens is 359 g/mol. The number of ether oxygens (including phenoxy) is 1. The highest BCUT2D eigenvalue weighted by Gasteiger charge is 2.24. The van der Waals surface area contributed by atoms with Crippen LogP contribution in [0.2, 0.25) is 0 Å². The molecule has 0 saturated heterocycles. The first-order valence-electron chi connectivity index (χ1n) is 7.69. The molecule has 0 N–H and O–H groups in total. The molecule has 0 saturated carbocycles. The van der Waals surface area contributed by atoms with Gasteiger partial charge in [-0.15, -0.1) is 11.3 Å². The standard InChI is InChI=1S/C18H15FN2O4S/c1-11-10-26-18(21-11)14(8-20)16(23)9-25-17(24)7-6-15(22)12-2-4-13(19)5-3-12/h2-5,10,14H,6-7,9H2,1H3/t14-/m1/s1. The predicted octanol–water partition coefficient (Wildman–Crippen LogP) is 2.97. The van der Waals surface area contributed by atoms with Gasteiger partial charge in [-0.3, -0.25) is 14.4 Å². The molecule has 2 aromatic rings. The lowest BCUT2D eigenvalue weighted by Crippen LogP contribution is -2.20. The lowest BCUT2D eigenvalue weighted by Gasteiger charge is -2.07. The fourth-order valence-electron chi connectivity index (χ4n) is 2.07. The monoisotopic (exact) mass is 374 g/mol. The highest BCUT2D eigenvalue weighted by molar-refractivity contribution is 7.09. The molecule has 0 amide bonds. The van der Waals surface area contributed by atoms with Crippen molar-refractivity contribution < 1.29 is 23.5 Å². The number of nitrogens with zero attached hydrogens (tertiary/aromatic N) is 2. The number of hydrogen-bond donors (Lipinski definition) is 0. The highest BCUT2D eigenvalue weighted by Crippen LogP contribution is 2.20. The number of benzene rings is 1. The molecule has 134 valence electrons. The van der Waals surface area contributed by atoms with Crippen LogP contribution >= 0.6 is 11.3 Å². The minimum atomic E-state index is -1.08. The molecule has 2 rings (SSSR count). The lowest BCUT2D eigenvalue weighted by molar-refractivity contribution is -0.148. The van der Waals surface area contributed by atoms with Crippen molar-refractivity contribution in [3.05, 3.63) is 51.7 Å². The van der Waals surface area contributed by atoms with E-state index < -0.39 is 30.1 Å². The third kappa shape index (κ3) is 5.29. The van der Waals surface area contributed by atoms with Crippen molar-refractivity contribution in [2.24, 2.45) is 0 Å². The first-order chi connectivity index (χ1) is 12.4. The lowest BCUT2D eigenvalue weighted by atomic mass is 10.1. The number of thiazole rings is 1. The molecule has 26 heavy (non-hydrogen) atoms. The van der Waals surface area contributed by atoms with Gasteiger partial charge in [-0.2, -0.15) is 5.26 Å². The summed E-state index contributed by atoms with van der Waals surface area (Å²) in [6.45, 7) is 1.19. The van der Waals surface area contributed by atoms with Crippen molar-refractivity contribution in [3.8, 4) is 6.07 Å². The second-order valence-corrected chi connectivity index (χ2v) is 6.34. The second kappa shape index (κ2) is 8.97. The number of nitriles is 1. The van der Waals surface area contributed by atoms with Crippen LogP contribution in [0.5, 0.6) is 0 Å². The predicted molar refractivity (Wildman–Crippen MR) is 91.1 cm³/mol. The topological polar surface area (TPSA) is 97.1 Å². The van der Waals surface area contributed by atoms with E-state index in [1.807, 2.05) is 6.07 Å². The van der Waals surface area contributed by atoms with E-state index in [0.29, 0.717) is 16.3 Å². The van der Waals surface area contributed by atoms with E-state index in [1.54, 1.807) is 12.3 Å². The zero-order chi connectivity index (χ0) is 19.1. The van der Waals surface area contributed by atoms with Crippen LogP contribution in [0.4, 0.5) is 4.39 Å². The van der Waals surface area contributed by atoms with E-state index in [1.165, 1.54) is 23.5 Å². The van der Waals surface area contributed by atoms with Crippen molar-refractivity contribution in [2.75, 3.05) is 6.61 Å². The summed E-state index contributed by atoms with van der Waals surface area (Å²) in [4.78, 5) is 39.7. The fourth-order valence-corrected chi connectivity index (χ4v) is 2.93. The number of aromatic nitrogens is 1. The third-order valence-corrected chi connectivity index (χ3v) is 4.46. The smallest absolute Gasteiger partial charge is 0.306 e. The number of hydrogen-bond acceptors (Lipinski definition) is 7. The number of ketones is 2. The maximum atomic E-state index is 12.8. The molecule has 1 atom stereocenters. The van der Waals surface area contributed by atoms with Crippen molar-refractivity contribution in [2.45, 2.75) is 25.7 Å². The van der Waals surface area contributed by atoms with E-state index in [-0.39, 0.29) is 18.6 Å². The molecule has 0 spiro atoms. The number of Topliss-reactive ketones (excluding diaryl/α,β-unsaturated/α-hetero) is 2. The van der Waals surface area contributed by atoms with Gasteiger partial charge >= 0.3 is 5.97 Å². The summed E-state index contributed by atoms with van der Waals surface area (Å²) in [7, 11) is 0. The Labute approximate surface area is 153 Å². The van der Waals surface area contributed by atoms with E-state index >= 15 is 0 Å². The Morgan fingerprint density at radius 3 is 2.54 bits per heavy atom. The van der Waals surface area contributed by atoms with Crippen LogP contribution < -0.4 is 0 Å². The van der Waals surface area contributed by atoms with Crippen LogP contribution in [-0.2, 0) is 14.3 Å². The van der Waals surface area contributed by atoms with Gasteiger partial charge in [0.25, 0.3) is 0 Å². The normalized spacial score (nSPS) is 11.4. The van der Waals surface area contributed by atoms with Crippen LogP contribution in [0.1, 0.15) is 39.8 Å². The number of halogens is 1. The molecule has 0 aliphatic heterocycles. The fraction of sp³-hybridized carbons (Fsp3) is 0.278. The summed E-state index contributed by atoms with van der Waals surface area (Å²) in [5.74, 6) is -3.16. The quantitative estimate of drug-likeness (QED) is 0.520. The summed E-state index contributed by atoms with van der Waals surface area (Å²) in [6, 6.07) is 6.84.